The average molecular weight is 383 g/mol. The second kappa shape index (κ2) is 6.90. The highest BCUT2D eigenvalue weighted by Gasteiger charge is 2.27. The van der Waals surface area contributed by atoms with Gasteiger partial charge in [-0.2, -0.15) is 5.10 Å². The first-order valence-corrected chi connectivity index (χ1v) is 10.5. The normalized spacial score (nSPS) is 19.4. The van der Waals surface area contributed by atoms with Crippen molar-refractivity contribution in [1.82, 2.24) is 10.1 Å². The van der Waals surface area contributed by atoms with Crippen molar-refractivity contribution in [2.75, 3.05) is 0 Å². The van der Waals surface area contributed by atoms with Crippen LogP contribution in [-0.2, 0) is 27.7 Å². The number of aryl methyl sites for hydroxylation is 1. The molecule has 2 aromatic rings. The summed E-state index contributed by atoms with van der Waals surface area (Å²) in [6.07, 6.45) is 2.38. The van der Waals surface area contributed by atoms with E-state index >= 15 is 0 Å². The molecule has 0 saturated carbocycles. The molecule has 0 radical (unpaired) electrons. The molecule has 27 heavy (non-hydrogen) atoms. The molecule has 0 bridgehead atoms. The summed E-state index contributed by atoms with van der Waals surface area (Å²) < 4.78 is 28.1. The fourth-order valence-corrected chi connectivity index (χ4v) is 4.80. The van der Waals surface area contributed by atoms with E-state index in [-0.39, 0.29) is 16.8 Å². The second-order valence-electron chi connectivity index (χ2n) is 7.12. The summed E-state index contributed by atoms with van der Waals surface area (Å²) in [6, 6.07) is 12.8. The molecule has 2 aromatic carbocycles. The largest absolute Gasteiger partial charge is 0.273 e. The Balaban J connectivity index is 1.49. The van der Waals surface area contributed by atoms with Gasteiger partial charge >= 0.3 is 0 Å². The minimum Gasteiger partial charge on any atom is -0.273 e. The number of hydrazone groups is 1. The third-order valence-corrected chi connectivity index (χ3v) is 6.57. The highest BCUT2D eigenvalue weighted by Crippen LogP contribution is 2.26. The summed E-state index contributed by atoms with van der Waals surface area (Å²) in [5.41, 5.74) is 7.66. The molecule has 0 fully saturated rings. The number of amides is 1. The Labute approximate surface area is 158 Å². The van der Waals surface area contributed by atoms with Crippen molar-refractivity contribution in [3.05, 3.63) is 64.7 Å². The highest BCUT2D eigenvalue weighted by molar-refractivity contribution is 7.89. The first-order valence-electron chi connectivity index (χ1n) is 8.97. The van der Waals surface area contributed by atoms with E-state index in [2.05, 4.69) is 21.3 Å². The SMILES string of the molecule is Cc1ccc(S(=O)(=O)NC2Cc3ccc(C4=NNC(=O)CC4)cc3C2)cc1. The number of carbonyl (C=O) groups excluding carboxylic acids is 1. The molecule has 1 amide bonds. The Kier molecular flexibility index (Phi) is 4.57. The quantitative estimate of drug-likeness (QED) is 0.847. The molecule has 1 unspecified atom stereocenters. The number of sulfonamides is 1. The van der Waals surface area contributed by atoms with Crippen molar-refractivity contribution in [2.45, 2.75) is 43.5 Å². The van der Waals surface area contributed by atoms with E-state index in [1.54, 1.807) is 24.3 Å². The second-order valence-corrected chi connectivity index (χ2v) is 8.83. The van der Waals surface area contributed by atoms with E-state index in [0.717, 1.165) is 28.0 Å². The molecule has 1 heterocycles. The number of carbonyl (C=O) groups is 1. The number of fused-ring (bicyclic) bond motifs is 1. The van der Waals surface area contributed by atoms with Crippen molar-refractivity contribution in [1.29, 1.82) is 0 Å². The Bertz CT molecular complexity index is 1030. The molecule has 4 rings (SSSR count). The molecule has 2 aliphatic rings. The van der Waals surface area contributed by atoms with E-state index in [0.29, 0.717) is 25.7 Å². The van der Waals surface area contributed by atoms with Gasteiger partial charge in [0, 0.05) is 18.9 Å². The number of nitrogens with one attached hydrogen (secondary N) is 2. The minimum atomic E-state index is -3.54. The summed E-state index contributed by atoms with van der Waals surface area (Å²) in [5.74, 6) is -0.0644. The molecule has 1 atom stereocenters. The molecule has 1 aliphatic carbocycles. The maximum absolute atomic E-state index is 12.6. The van der Waals surface area contributed by atoms with E-state index in [1.165, 1.54) is 0 Å². The van der Waals surface area contributed by atoms with Crippen LogP contribution in [0.3, 0.4) is 0 Å². The zero-order valence-corrected chi connectivity index (χ0v) is 15.8. The number of hydrogen-bond donors (Lipinski definition) is 2. The third-order valence-electron chi connectivity index (χ3n) is 5.03. The van der Waals surface area contributed by atoms with Crippen LogP contribution in [0.5, 0.6) is 0 Å². The molecule has 7 heteroatoms. The summed E-state index contributed by atoms with van der Waals surface area (Å²) in [4.78, 5) is 11.5. The van der Waals surface area contributed by atoms with Gasteiger partial charge in [-0.15, -0.1) is 0 Å². The van der Waals surface area contributed by atoms with Crippen molar-refractivity contribution in [3.8, 4) is 0 Å². The molecule has 2 N–H and O–H groups in total. The summed E-state index contributed by atoms with van der Waals surface area (Å²) in [5, 5.41) is 4.14. The van der Waals surface area contributed by atoms with Gasteiger partial charge in [0.15, 0.2) is 0 Å². The molecular weight excluding hydrogens is 362 g/mol. The van der Waals surface area contributed by atoms with E-state index < -0.39 is 10.0 Å². The molecule has 140 valence electrons. The molecule has 0 saturated heterocycles. The molecular formula is C20H21N3O3S. The summed E-state index contributed by atoms with van der Waals surface area (Å²) in [7, 11) is -3.54. The lowest BCUT2D eigenvalue weighted by atomic mass is 10.00. The van der Waals surface area contributed by atoms with Crippen LogP contribution >= 0.6 is 0 Å². The third kappa shape index (κ3) is 3.79. The highest BCUT2D eigenvalue weighted by atomic mass is 32.2. The lowest BCUT2D eigenvalue weighted by molar-refractivity contribution is -0.121. The fourth-order valence-electron chi connectivity index (χ4n) is 3.57. The predicted molar refractivity (Wildman–Crippen MR) is 103 cm³/mol. The number of nitrogens with zero attached hydrogens (tertiary/aromatic N) is 1. The van der Waals surface area contributed by atoms with Crippen molar-refractivity contribution in [2.24, 2.45) is 5.10 Å². The van der Waals surface area contributed by atoms with Gasteiger partial charge in [0.2, 0.25) is 15.9 Å². The van der Waals surface area contributed by atoms with Crippen LogP contribution in [-0.4, -0.2) is 26.1 Å². The van der Waals surface area contributed by atoms with Crippen LogP contribution in [0, 0.1) is 6.92 Å². The van der Waals surface area contributed by atoms with Gasteiger partial charge in [0.25, 0.3) is 0 Å². The summed E-state index contributed by atoms with van der Waals surface area (Å²) >= 11 is 0. The van der Waals surface area contributed by atoms with Gasteiger partial charge in [-0.3, -0.25) is 4.79 Å². The minimum absolute atomic E-state index is 0.0644. The van der Waals surface area contributed by atoms with Crippen LogP contribution in [0.4, 0.5) is 0 Å². The standard InChI is InChI=1S/C20H21N3O3S/c1-13-2-6-18(7-3-13)27(25,26)23-17-11-14-4-5-15(10-16(14)12-17)19-8-9-20(24)22-21-19/h2-7,10,17,23H,8-9,11-12H2,1H3,(H,22,24). The summed E-state index contributed by atoms with van der Waals surface area (Å²) in [6.45, 7) is 1.93. The molecule has 0 aromatic heterocycles. The van der Waals surface area contributed by atoms with Crippen LogP contribution in [0.1, 0.15) is 35.1 Å². The maximum Gasteiger partial charge on any atom is 0.240 e. The fraction of sp³-hybridized carbons (Fsp3) is 0.300. The van der Waals surface area contributed by atoms with Gasteiger partial charge in [-0.1, -0.05) is 29.8 Å². The number of hydrogen-bond acceptors (Lipinski definition) is 4. The Morgan fingerprint density at radius 2 is 1.78 bits per heavy atom. The van der Waals surface area contributed by atoms with Gasteiger partial charge in [0.1, 0.15) is 0 Å². The first kappa shape index (κ1) is 17.9. The number of benzene rings is 2. The Morgan fingerprint density at radius 1 is 1.04 bits per heavy atom. The van der Waals surface area contributed by atoms with Crippen molar-refractivity contribution in [3.63, 3.8) is 0 Å². The zero-order valence-electron chi connectivity index (χ0n) is 15.0. The Hall–Kier alpha value is -2.51. The maximum atomic E-state index is 12.6. The van der Waals surface area contributed by atoms with E-state index in [9.17, 15) is 13.2 Å². The van der Waals surface area contributed by atoms with Crippen LogP contribution in [0.2, 0.25) is 0 Å². The number of rotatable bonds is 4. The smallest absolute Gasteiger partial charge is 0.240 e. The lowest BCUT2D eigenvalue weighted by Crippen LogP contribution is -2.35. The van der Waals surface area contributed by atoms with E-state index in [1.807, 2.05) is 19.1 Å². The molecule has 1 aliphatic heterocycles. The topological polar surface area (TPSA) is 87.6 Å². The zero-order chi connectivity index (χ0) is 19.0. The monoisotopic (exact) mass is 383 g/mol. The van der Waals surface area contributed by atoms with Crippen LogP contribution in [0.25, 0.3) is 0 Å². The van der Waals surface area contributed by atoms with Gasteiger partial charge in [-0.05, 0) is 54.7 Å². The van der Waals surface area contributed by atoms with Crippen LogP contribution in [0.15, 0.2) is 52.5 Å². The van der Waals surface area contributed by atoms with E-state index in [4.69, 9.17) is 0 Å². The molecule has 0 spiro atoms. The van der Waals surface area contributed by atoms with Gasteiger partial charge < -0.3 is 0 Å². The predicted octanol–water partition coefficient (Wildman–Crippen LogP) is 2.05. The molecule has 6 nitrogen and oxygen atoms in total. The van der Waals surface area contributed by atoms with Crippen molar-refractivity contribution < 1.29 is 13.2 Å². The Morgan fingerprint density at radius 3 is 2.48 bits per heavy atom. The average Bonchev–Trinajstić information content (AvgIpc) is 3.03. The first-order chi connectivity index (χ1) is 12.9. The van der Waals surface area contributed by atoms with Gasteiger partial charge in [-0.25, -0.2) is 18.6 Å². The van der Waals surface area contributed by atoms with Crippen molar-refractivity contribution >= 4 is 21.6 Å². The van der Waals surface area contributed by atoms with Gasteiger partial charge in [0.05, 0.1) is 10.6 Å². The lowest BCUT2D eigenvalue weighted by Gasteiger charge is -2.13. The van der Waals surface area contributed by atoms with Crippen LogP contribution < -0.4 is 10.1 Å².